The third-order valence-corrected chi connectivity index (χ3v) is 8.06. The van der Waals surface area contributed by atoms with Gasteiger partial charge in [0.2, 0.25) is 5.91 Å². The number of hydrogen-bond acceptors (Lipinski definition) is 3. The van der Waals surface area contributed by atoms with Gasteiger partial charge in [0.15, 0.2) is 0 Å². The Balaban J connectivity index is 3.45. The highest BCUT2D eigenvalue weighted by atomic mass is 16.3. The molecule has 0 heterocycles. The first-order valence-electron chi connectivity index (χ1n) is 17.8. The summed E-state index contributed by atoms with van der Waals surface area (Å²) in [6, 6.07) is 0. The van der Waals surface area contributed by atoms with E-state index in [4.69, 9.17) is 0 Å². The molecular formula is C36H69NO3. The summed E-state index contributed by atoms with van der Waals surface area (Å²) < 4.78 is 0. The number of rotatable bonds is 31. The molecule has 40 heavy (non-hydrogen) atoms. The Morgan fingerprint density at radius 3 is 1.30 bits per heavy atom. The molecule has 1 atom stereocenters. The Morgan fingerprint density at radius 1 is 0.525 bits per heavy atom. The van der Waals surface area contributed by atoms with E-state index >= 15 is 0 Å². The highest BCUT2D eigenvalue weighted by molar-refractivity contribution is 5.97. The number of imide groups is 1. The summed E-state index contributed by atoms with van der Waals surface area (Å²) in [7, 11) is 0. The fraction of sp³-hybridized carbons (Fsp3) is 0.889. The van der Waals surface area contributed by atoms with E-state index in [1.54, 1.807) is 0 Å². The molecular weight excluding hydrogens is 494 g/mol. The quantitative estimate of drug-likeness (QED) is 0.0651. The molecule has 4 heteroatoms. The topological polar surface area (TPSA) is 66.4 Å². The van der Waals surface area contributed by atoms with Gasteiger partial charge in [0.05, 0.1) is 0 Å². The van der Waals surface area contributed by atoms with E-state index in [2.05, 4.69) is 31.3 Å². The fourth-order valence-corrected chi connectivity index (χ4v) is 5.30. The van der Waals surface area contributed by atoms with E-state index in [1.807, 2.05) is 0 Å². The van der Waals surface area contributed by atoms with Crippen molar-refractivity contribution in [2.75, 3.05) is 0 Å². The van der Waals surface area contributed by atoms with Gasteiger partial charge in [0.1, 0.15) is 6.10 Å². The van der Waals surface area contributed by atoms with Gasteiger partial charge in [-0.05, 0) is 38.5 Å². The Kier molecular flexibility index (Phi) is 31.4. The number of nitrogens with one attached hydrogen (secondary N) is 1. The Hall–Kier alpha value is -1.16. The average Bonchev–Trinajstić information content (AvgIpc) is 2.95. The first-order chi connectivity index (χ1) is 19.6. The van der Waals surface area contributed by atoms with Gasteiger partial charge in [-0.15, -0.1) is 0 Å². The van der Waals surface area contributed by atoms with Gasteiger partial charge in [0, 0.05) is 6.42 Å². The summed E-state index contributed by atoms with van der Waals surface area (Å²) in [5, 5.41) is 12.5. The number of allylic oxidation sites excluding steroid dienone is 2. The van der Waals surface area contributed by atoms with E-state index in [9.17, 15) is 14.7 Å². The average molecular weight is 564 g/mol. The lowest BCUT2D eigenvalue weighted by Gasteiger charge is -2.10. The molecule has 4 nitrogen and oxygen atoms in total. The fourth-order valence-electron chi connectivity index (χ4n) is 5.30. The van der Waals surface area contributed by atoms with Crippen LogP contribution in [0.5, 0.6) is 0 Å². The van der Waals surface area contributed by atoms with Crippen molar-refractivity contribution in [2.45, 2.75) is 206 Å². The minimum Gasteiger partial charge on any atom is -0.383 e. The van der Waals surface area contributed by atoms with Crippen molar-refractivity contribution < 1.29 is 14.7 Å². The maximum Gasteiger partial charge on any atom is 0.255 e. The largest absolute Gasteiger partial charge is 0.383 e. The maximum atomic E-state index is 12.1. The molecule has 0 rings (SSSR count). The van der Waals surface area contributed by atoms with Crippen LogP contribution in [-0.2, 0) is 9.59 Å². The molecule has 236 valence electrons. The van der Waals surface area contributed by atoms with E-state index in [0.29, 0.717) is 12.8 Å². The summed E-state index contributed by atoms with van der Waals surface area (Å²) in [5.41, 5.74) is 0. The number of amides is 2. The maximum absolute atomic E-state index is 12.1. The molecule has 0 aromatic carbocycles. The third-order valence-electron chi connectivity index (χ3n) is 8.06. The molecule has 2 N–H and O–H groups in total. The number of unbranched alkanes of at least 4 members (excludes halogenated alkanes) is 24. The molecule has 0 spiro atoms. The van der Waals surface area contributed by atoms with Crippen LogP contribution in [0.25, 0.3) is 0 Å². The minimum atomic E-state index is -1.06. The van der Waals surface area contributed by atoms with Crippen LogP contribution in [0.15, 0.2) is 12.2 Å². The molecule has 0 aliphatic carbocycles. The molecule has 0 aromatic rings. The van der Waals surface area contributed by atoms with Crippen molar-refractivity contribution >= 4 is 11.8 Å². The van der Waals surface area contributed by atoms with E-state index in [1.165, 1.54) is 135 Å². The summed E-state index contributed by atoms with van der Waals surface area (Å²) >= 11 is 0. The van der Waals surface area contributed by atoms with Crippen LogP contribution in [0.2, 0.25) is 0 Å². The number of aliphatic hydroxyl groups is 1. The lowest BCUT2D eigenvalue weighted by molar-refractivity contribution is -0.136. The zero-order chi connectivity index (χ0) is 29.4. The molecule has 0 aliphatic rings. The Bertz CT molecular complexity index is 574. The van der Waals surface area contributed by atoms with E-state index < -0.39 is 12.0 Å². The second-order valence-electron chi connectivity index (χ2n) is 12.1. The molecule has 0 radical (unpaired) electrons. The van der Waals surface area contributed by atoms with Crippen LogP contribution in [0.4, 0.5) is 0 Å². The van der Waals surface area contributed by atoms with Crippen molar-refractivity contribution in [3.05, 3.63) is 12.2 Å². The third kappa shape index (κ3) is 29.8. The van der Waals surface area contributed by atoms with E-state index in [-0.39, 0.29) is 5.91 Å². The summed E-state index contributed by atoms with van der Waals surface area (Å²) in [5.74, 6) is -0.768. The normalized spacial score (nSPS) is 12.3. The molecule has 0 fully saturated rings. The zero-order valence-electron chi connectivity index (χ0n) is 27.0. The van der Waals surface area contributed by atoms with Crippen molar-refractivity contribution in [3.8, 4) is 0 Å². The molecule has 0 saturated heterocycles. The van der Waals surface area contributed by atoms with Gasteiger partial charge < -0.3 is 5.11 Å². The molecule has 0 aromatic heterocycles. The highest BCUT2D eigenvalue weighted by Gasteiger charge is 2.16. The van der Waals surface area contributed by atoms with Crippen molar-refractivity contribution in [1.29, 1.82) is 0 Å². The van der Waals surface area contributed by atoms with Gasteiger partial charge in [-0.25, -0.2) is 0 Å². The van der Waals surface area contributed by atoms with Crippen molar-refractivity contribution in [2.24, 2.45) is 0 Å². The van der Waals surface area contributed by atoms with Crippen molar-refractivity contribution in [1.82, 2.24) is 5.32 Å². The number of hydrogen-bond donors (Lipinski definition) is 2. The van der Waals surface area contributed by atoms with Gasteiger partial charge in [0.25, 0.3) is 5.91 Å². The van der Waals surface area contributed by atoms with Crippen molar-refractivity contribution in [3.63, 3.8) is 0 Å². The Labute approximate surface area is 249 Å². The lowest BCUT2D eigenvalue weighted by Crippen LogP contribution is -2.38. The van der Waals surface area contributed by atoms with Gasteiger partial charge in [-0.3, -0.25) is 14.9 Å². The summed E-state index contributed by atoms with van der Waals surface area (Å²) in [4.78, 5) is 24.1. The van der Waals surface area contributed by atoms with Crippen LogP contribution in [0.3, 0.4) is 0 Å². The predicted molar refractivity (Wildman–Crippen MR) is 174 cm³/mol. The van der Waals surface area contributed by atoms with E-state index in [0.717, 1.165) is 38.5 Å². The SMILES string of the molecule is CCCCCCCC/C=C\CCCCCCCC(=O)NC(=O)C(O)CCCCCCCCCCCCCCCC. The number of carbonyl (C=O) groups is 2. The standard InChI is InChI=1S/C36H69NO3/c1-3-5-7-9-11-13-15-17-19-21-23-25-27-29-31-33-35(39)37-36(40)34(38)32-30-28-26-24-22-20-18-16-14-12-10-8-6-4-2/h17,19,34,38H,3-16,18,20-33H2,1-2H3,(H,37,39,40)/b19-17-. The number of carbonyl (C=O) groups excluding carboxylic acids is 2. The summed E-state index contributed by atoms with van der Waals surface area (Å²) in [6.45, 7) is 4.53. The summed E-state index contributed by atoms with van der Waals surface area (Å²) in [6.07, 6.45) is 38.3. The highest BCUT2D eigenvalue weighted by Crippen LogP contribution is 2.14. The van der Waals surface area contributed by atoms with Crippen LogP contribution >= 0.6 is 0 Å². The number of aliphatic hydroxyl groups excluding tert-OH is 1. The van der Waals surface area contributed by atoms with Crippen LogP contribution < -0.4 is 5.32 Å². The first-order valence-corrected chi connectivity index (χ1v) is 17.8. The molecule has 0 bridgehead atoms. The Morgan fingerprint density at radius 2 is 0.875 bits per heavy atom. The monoisotopic (exact) mass is 564 g/mol. The minimum absolute atomic E-state index is 0.248. The second-order valence-corrected chi connectivity index (χ2v) is 12.1. The van der Waals surface area contributed by atoms with Gasteiger partial charge >= 0.3 is 0 Å². The first kappa shape index (κ1) is 38.8. The zero-order valence-corrected chi connectivity index (χ0v) is 27.0. The second kappa shape index (κ2) is 32.4. The molecule has 1 unspecified atom stereocenters. The van der Waals surface area contributed by atoms with Crippen LogP contribution in [-0.4, -0.2) is 23.0 Å². The predicted octanol–water partition coefficient (Wildman–Crippen LogP) is 10.9. The van der Waals surface area contributed by atoms with Crippen LogP contribution in [0.1, 0.15) is 200 Å². The van der Waals surface area contributed by atoms with Gasteiger partial charge in [-0.2, -0.15) is 0 Å². The molecule has 0 saturated carbocycles. The smallest absolute Gasteiger partial charge is 0.255 e. The molecule has 0 aliphatic heterocycles. The van der Waals surface area contributed by atoms with Crippen LogP contribution in [0, 0.1) is 0 Å². The molecule has 2 amide bonds. The lowest BCUT2D eigenvalue weighted by atomic mass is 10.0. The van der Waals surface area contributed by atoms with Gasteiger partial charge in [-0.1, -0.05) is 167 Å².